The number of nitrogens with zero attached hydrogens (tertiary/aromatic N) is 2. The fourth-order valence-corrected chi connectivity index (χ4v) is 3.79. The SMILES string of the molecule is CCOc1ccccc1CN1CCN(Cc2cccc(F)c2F)CC1CCO. The number of piperazine rings is 1. The zero-order valence-electron chi connectivity index (χ0n) is 16.3. The highest BCUT2D eigenvalue weighted by molar-refractivity contribution is 5.33. The number of hydrogen-bond donors (Lipinski definition) is 1. The molecule has 3 rings (SSSR count). The molecule has 0 amide bonds. The van der Waals surface area contributed by atoms with Crippen molar-refractivity contribution < 1.29 is 18.6 Å². The van der Waals surface area contributed by atoms with Gasteiger partial charge in [-0.3, -0.25) is 9.80 Å². The summed E-state index contributed by atoms with van der Waals surface area (Å²) >= 11 is 0. The Labute approximate surface area is 165 Å². The van der Waals surface area contributed by atoms with Crippen LogP contribution >= 0.6 is 0 Å². The molecule has 152 valence electrons. The summed E-state index contributed by atoms with van der Waals surface area (Å²) in [5.74, 6) is -0.693. The van der Waals surface area contributed by atoms with Crippen molar-refractivity contribution in [2.75, 3.05) is 32.8 Å². The van der Waals surface area contributed by atoms with Crippen LogP contribution in [0.15, 0.2) is 42.5 Å². The van der Waals surface area contributed by atoms with Crippen LogP contribution in [0.4, 0.5) is 8.78 Å². The van der Waals surface area contributed by atoms with Gasteiger partial charge in [0.1, 0.15) is 5.75 Å². The minimum atomic E-state index is -0.810. The summed E-state index contributed by atoms with van der Waals surface area (Å²) < 4.78 is 33.2. The average Bonchev–Trinajstić information content (AvgIpc) is 2.69. The monoisotopic (exact) mass is 390 g/mol. The smallest absolute Gasteiger partial charge is 0.163 e. The molecule has 1 saturated heterocycles. The number of para-hydroxylation sites is 1. The molecule has 1 aliphatic heterocycles. The quantitative estimate of drug-likeness (QED) is 0.749. The minimum absolute atomic E-state index is 0.0937. The highest BCUT2D eigenvalue weighted by Gasteiger charge is 2.28. The Kier molecular flexibility index (Phi) is 7.36. The van der Waals surface area contributed by atoms with Crippen LogP contribution in [0.2, 0.25) is 0 Å². The first-order valence-electron chi connectivity index (χ1n) is 9.83. The molecular weight excluding hydrogens is 362 g/mol. The molecule has 0 radical (unpaired) electrons. The van der Waals surface area contributed by atoms with Crippen LogP contribution in [0, 0.1) is 11.6 Å². The van der Waals surface area contributed by atoms with Crippen molar-refractivity contribution in [1.82, 2.24) is 9.80 Å². The Morgan fingerprint density at radius 1 is 1.04 bits per heavy atom. The second-order valence-electron chi connectivity index (χ2n) is 7.13. The van der Waals surface area contributed by atoms with Crippen LogP contribution in [-0.4, -0.2) is 53.8 Å². The van der Waals surface area contributed by atoms with Crippen molar-refractivity contribution >= 4 is 0 Å². The van der Waals surface area contributed by atoms with Gasteiger partial charge in [0.2, 0.25) is 0 Å². The van der Waals surface area contributed by atoms with Crippen molar-refractivity contribution in [2.45, 2.75) is 32.5 Å². The Morgan fingerprint density at radius 2 is 1.82 bits per heavy atom. The summed E-state index contributed by atoms with van der Waals surface area (Å²) in [5.41, 5.74) is 1.50. The predicted octanol–water partition coefficient (Wildman–Crippen LogP) is 3.43. The second kappa shape index (κ2) is 9.96. The number of aliphatic hydroxyl groups excluding tert-OH is 1. The summed E-state index contributed by atoms with van der Waals surface area (Å²) in [6, 6.07) is 12.5. The largest absolute Gasteiger partial charge is 0.494 e. The molecule has 1 heterocycles. The maximum Gasteiger partial charge on any atom is 0.163 e. The lowest BCUT2D eigenvalue weighted by atomic mass is 10.1. The number of aliphatic hydroxyl groups is 1. The van der Waals surface area contributed by atoms with Crippen LogP contribution in [0.3, 0.4) is 0 Å². The maximum absolute atomic E-state index is 14.0. The Hall–Kier alpha value is -2.02. The van der Waals surface area contributed by atoms with E-state index in [0.29, 0.717) is 31.7 Å². The fraction of sp³-hybridized carbons (Fsp3) is 0.455. The second-order valence-corrected chi connectivity index (χ2v) is 7.13. The maximum atomic E-state index is 14.0. The standard InChI is InChI=1S/C22H28F2N2O2/c1-2-28-21-9-4-3-6-17(21)15-26-12-11-25(16-19(26)10-13-27)14-18-7-5-8-20(23)22(18)24/h3-9,19,27H,2,10-16H2,1H3. The summed E-state index contributed by atoms with van der Waals surface area (Å²) in [5, 5.41) is 9.52. The van der Waals surface area contributed by atoms with Gasteiger partial charge >= 0.3 is 0 Å². The van der Waals surface area contributed by atoms with Gasteiger partial charge in [-0.1, -0.05) is 30.3 Å². The number of benzene rings is 2. The molecule has 1 aliphatic rings. The van der Waals surface area contributed by atoms with Crippen molar-refractivity contribution in [3.8, 4) is 5.75 Å². The molecule has 0 saturated carbocycles. The topological polar surface area (TPSA) is 35.9 Å². The van der Waals surface area contributed by atoms with E-state index in [9.17, 15) is 13.9 Å². The number of hydrogen-bond acceptors (Lipinski definition) is 4. The Morgan fingerprint density at radius 3 is 2.61 bits per heavy atom. The third-order valence-corrected chi connectivity index (χ3v) is 5.22. The molecule has 28 heavy (non-hydrogen) atoms. The Bertz CT molecular complexity index is 772. The van der Waals surface area contributed by atoms with E-state index in [0.717, 1.165) is 37.0 Å². The summed E-state index contributed by atoms with van der Waals surface area (Å²) in [7, 11) is 0. The molecule has 1 atom stereocenters. The molecule has 0 aromatic heterocycles. The minimum Gasteiger partial charge on any atom is -0.494 e. The van der Waals surface area contributed by atoms with Crippen molar-refractivity contribution in [2.24, 2.45) is 0 Å². The van der Waals surface area contributed by atoms with E-state index in [1.807, 2.05) is 25.1 Å². The molecule has 2 aromatic rings. The van der Waals surface area contributed by atoms with Crippen molar-refractivity contribution in [1.29, 1.82) is 0 Å². The van der Waals surface area contributed by atoms with Crippen LogP contribution in [0.1, 0.15) is 24.5 Å². The van der Waals surface area contributed by atoms with E-state index in [2.05, 4.69) is 15.9 Å². The van der Waals surface area contributed by atoms with Gasteiger partial charge in [-0.05, 0) is 25.5 Å². The van der Waals surface area contributed by atoms with Crippen LogP contribution in [0.5, 0.6) is 5.75 Å². The van der Waals surface area contributed by atoms with Gasteiger partial charge in [0, 0.05) is 56.5 Å². The zero-order valence-corrected chi connectivity index (χ0v) is 16.3. The van der Waals surface area contributed by atoms with Gasteiger partial charge in [-0.25, -0.2) is 8.78 Å². The van der Waals surface area contributed by atoms with E-state index in [-0.39, 0.29) is 12.6 Å². The first kappa shape index (κ1) is 20.7. The van der Waals surface area contributed by atoms with Gasteiger partial charge in [0.05, 0.1) is 6.61 Å². The molecule has 2 aromatic carbocycles. The van der Waals surface area contributed by atoms with E-state index in [1.165, 1.54) is 0 Å². The van der Waals surface area contributed by atoms with Gasteiger partial charge in [0.25, 0.3) is 0 Å². The molecule has 0 bridgehead atoms. The zero-order chi connectivity index (χ0) is 19.9. The molecule has 0 aliphatic carbocycles. The molecule has 6 heteroatoms. The van der Waals surface area contributed by atoms with Gasteiger partial charge in [-0.15, -0.1) is 0 Å². The predicted molar refractivity (Wildman–Crippen MR) is 105 cm³/mol. The normalized spacial score (nSPS) is 18.4. The van der Waals surface area contributed by atoms with Gasteiger partial charge < -0.3 is 9.84 Å². The Balaban J connectivity index is 1.68. The lowest BCUT2D eigenvalue weighted by Crippen LogP contribution is -2.52. The number of halogens is 2. The van der Waals surface area contributed by atoms with E-state index >= 15 is 0 Å². The van der Waals surface area contributed by atoms with Crippen molar-refractivity contribution in [3.63, 3.8) is 0 Å². The highest BCUT2D eigenvalue weighted by Crippen LogP contribution is 2.24. The molecule has 0 spiro atoms. The van der Waals surface area contributed by atoms with E-state index in [1.54, 1.807) is 12.1 Å². The number of rotatable bonds is 8. The van der Waals surface area contributed by atoms with E-state index in [4.69, 9.17) is 4.74 Å². The van der Waals surface area contributed by atoms with Gasteiger partial charge in [0.15, 0.2) is 11.6 Å². The lowest BCUT2D eigenvalue weighted by molar-refractivity contribution is 0.0488. The van der Waals surface area contributed by atoms with Gasteiger partial charge in [-0.2, -0.15) is 0 Å². The van der Waals surface area contributed by atoms with E-state index < -0.39 is 11.6 Å². The van der Waals surface area contributed by atoms with Crippen molar-refractivity contribution in [3.05, 3.63) is 65.2 Å². The fourth-order valence-electron chi connectivity index (χ4n) is 3.79. The first-order valence-corrected chi connectivity index (χ1v) is 9.83. The third-order valence-electron chi connectivity index (χ3n) is 5.22. The summed E-state index contributed by atoms with van der Waals surface area (Å²) in [6.45, 7) is 6.04. The number of ether oxygens (including phenoxy) is 1. The summed E-state index contributed by atoms with van der Waals surface area (Å²) in [6.07, 6.45) is 0.638. The highest BCUT2D eigenvalue weighted by atomic mass is 19.2. The van der Waals surface area contributed by atoms with Crippen LogP contribution in [0.25, 0.3) is 0 Å². The third kappa shape index (κ3) is 5.07. The molecule has 1 unspecified atom stereocenters. The first-order chi connectivity index (χ1) is 13.6. The molecule has 1 N–H and O–H groups in total. The molecule has 4 nitrogen and oxygen atoms in total. The average molecular weight is 390 g/mol. The van der Waals surface area contributed by atoms with Crippen LogP contribution < -0.4 is 4.74 Å². The molecule has 1 fully saturated rings. The molecular formula is C22H28F2N2O2. The van der Waals surface area contributed by atoms with Crippen LogP contribution in [-0.2, 0) is 13.1 Å². The lowest BCUT2D eigenvalue weighted by Gasteiger charge is -2.41. The summed E-state index contributed by atoms with van der Waals surface area (Å²) in [4.78, 5) is 4.47.